The molecule has 1 atom stereocenters. The Morgan fingerprint density at radius 2 is 1.78 bits per heavy atom. The van der Waals surface area contributed by atoms with Crippen LogP contribution in [0.3, 0.4) is 0 Å². The first-order chi connectivity index (χ1) is 10.9. The van der Waals surface area contributed by atoms with Crippen molar-refractivity contribution < 1.29 is 9.53 Å². The molecule has 122 valence electrons. The van der Waals surface area contributed by atoms with Gasteiger partial charge in [-0.25, -0.2) is 0 Å². The molecule has 0 aliphatic heterocycles. The fourth-order valence-electron chi connectivity index (χ4n) is 2.31. The van der Waals surface area contributed by atoms with E-state index in [1.165, 1.54) is 5.56 Å². The van der Waals surface area contributed by atoms with Crippen LogP contribution < -0.4 is 10.1 Å². The summed E-state index contributed by atoms with van der Waals surface area (Å²) in [6.45, 7) is 8.44. The minimum atomic E-state index is -0.123. The summed E-state index contributed by atoms with van der Waals surface area (Å²) in [6, 6.07) is 17.8. The van der Waals surface area contributed by atoms with E-state index in [1.54, 1.807) is 0 Å². The summed E-state index contributed by atoms with van der Waals surface area (Å²) in [5.74, 6) is 0.599. The van der Waals surface area contributed by atoms with Crippen LogP contribution in [0, 0.1) is 0 Å². The number of carbonyl (C=O) groups is 1. The first-order valence-corrected chi connectivity index (χ1v) is 7.94. The molecule has 0 radical (unpaired) electrons. The average molecular weight is 311 g/mol. The molecular weight excluding hydrogens is 286 g/mol. The maximum absolute atomic E-state index is 12.0. The van der Waals surface area contributed by atoms with E-state index in [0.29, 0.717) is 0 Å². The molecule has 0 aliphatic carbocycles. The molecule has 0 spiro atoms. The smallest absolute Gasteiger partial charge is 0.258 e. The lowest BCUT2D eigenvalue weighted by Crippen LogP contribution is -2.31. The third kappa shape index (κ3) is 5.13. The highest BCUT2D eigenvalue weighted by atomic mass is 16.5. The van der Waals surface area contributed by atoms with Crippen LogP contribution in [0.2, 0.25) is 0 Å². The van der Waals surface area contributed by atoms with Crippen molar-refractivity contribution in [3.8, 4) is 5.75 Å². The van der Waals surface area contributed by atoms with Crippen LogP contribution in [0.25, 0.3) is 0 Å². The van der Waals surface area contributed by atoms with E-state index in [1.807, 2.05) is 55.5 Å². The maximum atomic E-state index is 12.0. The van der Waals surface area contributed by atoms with E-state index in [-0.39, 0.29) is 24.0 Å². The third-order valence-electron chi connectivity index (χ3n) is 3.75. The molecule has 2 aromatic rings. The molecule has 0 aliphatic rings. The monoisotopic (exact) mass is 311 g/mol. The number of rotatable bonds is 5. The molecule has 0 unspecified atom stereocenters. The quantitative estimate of drug-likeness (QED) is 0.897. The van der Waals surface area contributed by atoms with Gasteiger partial charge in [-0.1, -0.05) is 63.2 Å². The van der Waals surface area contributed by atoms with Crippen LogP contribution in [0.1, 0.15) is 44.9 Å². The van der Waals surface area contributed by atoms with Crippen molar-refractivity contribution in [3.63, 3.8) is 0 Å². The van der Waals surface area contributed by atoms with Crippen LogP contribution >= 0.6 is 0 Å². The maximum Gasteiger partial charge on any atom is 0.258 e. The van der Waals surface area contributed by atoms with Crippen molar-refractivity contribution in [2.45, 2.75) is 39.2 Å². The Labute approximate surface area is 138 Å². The molecule has 23 heavy (non-hydrogen) atoms. The van der Waals surface area contributed by atoms with Crippen LogP contribution in [0.5, 0.6) is 5.75 Å². The first kappa shape index (κ1) is 17.1. The van der Waals surface area contributed by atoms with Crippen molar-refractivity contribution in [2.24, 2.45) is 0 Å². The lowest BCUT2D eigenvalue weighted by Gasteiger charge is -2.20. The number of carbonyl (C=O) groups excluding carboxylic acids is 1. The molecule has 0 bridgehead atoms. The van der Waals surface area contributed by atoms with Gasteiger partial charge < -0.3 is 10.1 Å². The van der Waals surface area contributed by atoms with Gasteiger partial charge in [0.25, 0.3) is 5.91 Å². The van der Waals surface area contributed by atoms with Gasteiger partial charge in [-0.15, -0.1) is 0 Å². The third-order valence-corrected chi connectivity index (χ3v) is 3.75. The summed E-state index contributed by atoms with van der Waals surface area (Å²) in [5, 5.41) is 2.95. The van der Waals surface area contributed by atoms with E-state index in [2.05, 4.69) is 32.2 Å². The highest BCUT2D eigenvalue weighted by Crippen LogP contribution is 2.25. The minimum absolute atomic E-state index is 0.0186. The second-order valence-electron chi connectivity index (χ2n) is 6.77. The minimum Gasteiger partial charge on any atom is -0.484 e. The van der Waals surface area contributed by atoms with Crippen LogP contribution in [-0.2, 0) is 10.2 Å². The second kappa shape index (κ2) is 7.32. The van der Waals surface area contributed by atoms with E-state index in [9.17, 15) is 4.79 Å². The lowest BCUT2D eigenvalue weighted by atomic mass is 9.87. The predicted molar refractivity (Wildman–Crippen MR) is 93.6 cm³/mol. The largest absolute Gasteiger partial charge is 0.484 e. The van der Waals surface area contributed by atoms with E-state index in [0.717, 1.165) is 11.3 Å². The molecular formula is C20H25NO2. The number of amides is 1. The Morgan fingerprint density at radius 3 is 2.43 bits per heavy atom. The van der Waals surface area contributed by atoms with Gasteiger partial charge in [0.2, 0.25) is 0 Å². The number of hydrogen-bond donors (Lipinski definition) is 1. The zero-order chi connectivity index (χ0) is 16.9. The van der Waals surface area contributed by atoms with Gasteiger partial charge >= 0.3 is 0 Å². The van der Waals surface area contributed by atoms with Gasteiger partial charge in [0.1, 0.15) is 5.75 Å². The van der Waals surface area contributed by atoms with Gasteiger partial charge in [-0.05, 0) is 35.6 Å². The van der Waals surface area contributed by atoms with Crippen molar-refractivity contribution in [1.29, 1.82) is 0 Å². The van der Waals surface area contributed by atoms with Crippen molar-refractivity contribution >= 4 is 5.91 Å². The summed E-state index contributed by atoms with van der Waals surface area (Å²) in [4.78, 5) is 12.0. The molecule has 2 aromatic carbocycles. The fraction of sp³-hybridized carbons (Fsp3) is 0.350. The summed E-state index contributed by atoms with van der Waals surface area (Å²) >= 11 is 0. The second-order valence-corrected chi connectivity index (χ2v) is 6.77. The summed E-state index contributed by atoms with van der Waals surface area (Å²) in [6.07, 6.45) is 0. The molecule has 0 heterocycles. The highest BCUT2D eigenvalue weighted by Gasteiger charge is 2.14. The molecule has 3 nitrogen and oxygen atoms in total. The number of nitrogens with one attached hydrogen (secondary N) is 1. The van der Waals surface area contributed by atoms with Gasteiger partial charge in [-0.2, -0.15) is 0 Å². The molecule has 0 saturated heterocycles. The van der Waals surface area contributed by atoms with Crippen LogP contribution in [0.15, 0.2) is 54.6 Å². The zero-order valence-electron chi connectivity index (χ0n) is 14.3. The van der Waals surface area contributed by atoms with Crippen LogP contribution in [0.4, 0.5) is 0 Å². The van der Waals surface area contributed by atoms with Gasteiger partial charge in [0, 0.05) is 0 Å². The van der Waals surface area contributed by atoms with Crippen molar-refractivity contribution in [3.05, 3.63) is 65.7 Å². The molecule has 1 amide bonds. The normalized spacial score (nSPS) is 12.5. The zero-order valence-corrected chi connectivity index (χ0v) is 14.3. The molecule has 1 N–H and O–H groups in total. The van der Waals surface area contributed by atoms with Gasteiger partial charge in [-0.3, -0.25) is 4.79 Å². The molecule has 0 saturated carbocycles. The Bertz CT molecular complexity index is 644. The summed E-state index contributed by atoms with van der Waals surface area (Å²) in [5.41, 5.74) is 2.33. The molecule has 0 aromatic heterocycles. The van der Waals surface area contributed by atoms with Crippen LogP contribution in [-0.4, -0.2) is 12.5 Å². The number of ether oxygens (including phenoxy) is 1. The fourth-order valence-corrected chi connectivity index (χ4v) is 2.31. The van der Waals surface area contributed by atoms with Gasteiger partial charge in [0.05, 0.1) is 6.04 Å². The molecule has 2 rings (SSSR count). The van der Waals surface area contributed by atoms with Crippen molar-refractivity contribution in [2.75, 3.05) is 6.61 Å². The summed E-state index contributed by atoms with van der Waals surface area (Å²) < 4.78 is 5.63. The van der Waals surface area contributed by atoms with E-state index in [4.69, 9.17) is 4.74 Å². The Balaban J connectivity index is 1.90. The van der Waals surface area contributed by atoms with Crippen molar-refractivity contribution in [1.82, 2.24) is 5.32 Å². The standard InChI is InChI=1S/C20H25NO2/c1-15(16-9-6-5-7-10-16)21-19(22)14-23-18-12-8-11-17(13-18)20(2,3)4/h5-13,15H,14H2,1-4H3,(H,21,22)/t15-/m1/s1. The van der Waals surface area contributed by atoms with E-state index < -0.39 is 0 Å². The Hall–Kier alpha value is -2.29. The number of hydrogen-bond acceptors (Lipinski definition) is 2. The lowest BCUT2D eigenvalue weighted by molar-refractivity contribution is -0.123. The molecule has 3 heteroatoms. The Morgan fingerprint density at radius 1 is 1.09 bits per heavy atom. The predicted octanol–water partition coefficient (Wildman–Crippen LogP) is 4.24. The Kier molecular flexibility index (Phi) is 5.43. The van der Waals surface area contributed by atoms with Gasteiger partial charge in [0.15, 0.2) is 6.61 Å². The number of benzene rings is 2. The first-order valence-electron chi connectivity index (χ1n) is 7.94. The van der Waals surface area contributed by atoms with E-state index >= 15 is 0 Å². The topological polar surface area (TPSA) is 38.3 Å². The molecule has 0 fully saturated rings. The average Bonchev–Trinajstić information content (AvgIpc) is 2.53. The SMILES string of the molecule is C[C@@H](NC(=O)COc1cccc(C(C)(C)C)c1)c1ccccc1. The highest BCUT2D eigenvalue weighted by molar-refractivity contribution is 5.78. The summed E-state index contributed by atoms with van der Waals surface area (Å²) in [7, 11) is 0.